The van der Waals surface area contributed by atoms with E-state index in [1.807, 2.05) is 0 Å². The fourth-order valence-electron chi connectivity index (χ4n) is 0. The maximum absolute atomic E-state index is 5.24. The van der Waals surface area contributed by atoms with Gasteiger partial charge in [-0.2, -0.15) is 0 Å². The first-order valence-electron chi connectivity index (χ1n) is 1.97. The average Bonchev–Trinajstić information content (AvgIpc) is 1.38. The number of rotatable bonds is 1. The van der Waals surface area contributed by atoms with Crippen molar-refractivity contribution in [3.8, 4) is 0 Å². The summed E-state index contributed by atoms with van der Waals surface area (Å²) in [6.07, 6.45) is 0. The van der Waals surface area contributed by atoms with Crippen molar-refractivity contribution in [1.82, 2.24) is 0 Å². The Bertz CT molecular complexity index is 21.6. The second kappa shape index (κ2) is 2.62. The van der Waals surface area contributed by atoms with Gasteiger partial charge in [0.2, 0.25) is 0 Å². The lowest BCUT2D eigenvalue weighted by atomic mass is 10.8. The molecule has 0 rings (SSSR count). The molecule has 2 N–H and O–H groups in total. The molecule has 0 bridgehead atoms. The van der Waals surface area contributed by atoms with Gasteiger partial charge >= 0.3 is 0 Å². The normalized spacial score (nSPS) is 16.2. The smallest absolute Gasteiger partial charge is 0.00403 e. The lowest BCUT2D eigenvalue weighted by molar-refractivity contribution is 1.07. The summed E-state index contributed by atoms with van der Waals surface area (Å²) >= 11 is 0. The van der Waals surface area contributed by atoms with E-state index in [2.05, 4.69) is 0 Å². The van der Waals surface area contributed by atoms with Crippen LogP contribution in [0, 0.1) is 0 Å². The fourth-order valence-corrected chi connectivity index (χ4v) is 0. The quantitative estimate of drug-likeness (QED) is 0.364. The van der Waals surface area contributed by atoms with Gasteiger partial charge in [0.05, 0.1) is 0 Å². The third kappa shape index (κ3) is 4.39. The zero-order valence-electron chi connectivity index (χ0n) is 3.86. The summed E-state index contributed by atoms with van der Waals surface area (Å²) in [4.78, 5) is 0. The molecule has 0 saturated heterocycles. The molecule has 0 fully saturated rings. The minimum Gasteiger partial charge on any atom is -0.331 e. The van der Waals surface area contributed by atoms with Crippen LogP contribution < -0.4 is 5.73 Å². The number of hydrogen-bond acceptors (Lipinski definition) is 1. The van der Waals surface area contributed by atoms with Gasteiger partial charge in [0.1, 0.15) is 0 Å². The first kappa shape index (κ1) is 5.39. The Hall–Kier alpha value is 0.394. The molecule has 0 saturated carbocycles. The second-order valence-electron chi connectivity index (χ2n) is 1.63. The molecule has 0 heterocycles. The molecular formula is C2H11NSi2. The van der Waals surface area contributed by atoms with Crippen molar-refractivity contribution in [1.29, 1.82) is 0 Å². The lowest BCUT2D eigenvalue weighted by Crippen LogP contribution is -2.07. The van der Waals surface area contributed by atoms with Gasteiger partial charge in [-0.05, 0) is 6.54 Å². The topological polar surface area (TPSA) is 26.0 Å². The molecule has 0 amide bonds. The largest absolute Gasteiger partial charge is 0.331 e. The summed E-state index contributed by atoms with van der Waals surface area (Å²) < 4.78 is 0. The molecule has 0 aliphatic rings. The molecule has 0 radical (unpaired) electrons. The van der Waals surface area contributed by atoms with E-state index in [-0.39, 0.29) is 0 Å². The summed E-state index contributed by atoms with van der Waals surface area (Å²) in [5.41, 5.74) is 5.24. The van der Waals surface area contributed by atoms with Crippen LogP contribution >= 0.6 is 0 Å². The van der Waals surface area contributed by atoms with Crippen LogP contribution in [-0.2, 0) is 0 Å². The van der Waals surface area contributed by atoms with E-state index in [1.54, 1.807) is 0 Å². The van der Waals surface area contributed by atoms with Crippen molar-refractivity contribution in [3.63, 3.8) is 0 Å². The molecule has 5 heavy (non-hydrogen) atoms. The van der Waals surface area contributed by atoms with Crippen LogP contribution in [0.4, 0.5) is 0 Å². The van der Waals surface area contributed by atoms with Gasteiger partial charge in [-0.15, -0.1) is 0 Å². The van der Waals surface area contributed by atoms with Gasteiger partial charge < -0.3 is 5.73 Å². The highest BCUT2D eigenvalue weighted by Crippen LogP contribution is 1.77. The van der Waals surface area contributed by atoms with Crippen molar-refractivity contribution in [2.24, 2.45) is 5.73 Å². The monoisotopic (exact) mass is 105 g/mol. The third-order valence-corrected chi connectivity index (χ3v) is 1.41. The minimum absolute atomic E-state index is 0.929. The van der Waals surface area contributed by atoms with Gasteiger partial charge in [-0.3, -0.25) is 0 Å². The van der Waals surface area contributed by atoms with Crippen LogP contribution in [0.3, 0.4) is 0 Å². The molecule has 1 nitrogen and oxygen atoms in total. The fraction of sp³-hybridized carbons (Fsp3) is 1.00. The zero-order chi connectivity index (χ0) is 4.28. The average molecular weight is 105 g/mol. The molecule has 0 aliphatic heterocycles. The number of nitrogens with two attached hydrogens (primary N) is 1. The van der Waals surface area contributed by atoms with Gasteiger partial charge in [0.25, 0.3) is 0 Å². The highest BCUT2D eigenvalue weighted by molar-refractivity contribution is 6.35. The molecule has 0 aromatic carbocycles. The third-order valence-electron chi connectivity index (χ3n) is 0.471. The molecular weight excluding hydrogens is 94.2 g/mol. The van der Waals surface area contributed by atoms with Gasteiger partial charge in [0, 0.05) is 20.5 Å². The molecule has 32 valence electrons. The summed E-state index contributed by atoms with van der Waals surface area (Å²) in [5, 5.41) is 0.940. The molecule has 0 unspecified atom stereocenters. The Balaban J connectivity index is 2.54. The maximum Gasteiger partial charge on any atom is 0.00403 e. The van der Waals surface area contributed by atoms with Gasteiger partial charge in [0.15, 0.2) is 0 Å². The Labute approximate surface area is 38.8 Å². The first-order valence-corrected chi connectivity index (χ1v) is 4.28. The molecule has 0 aromatic rings. The van der Waals surface area contributed by atoms with Crippen LogP contribution in [0.25, 0.3) is 0 Å². The van der Waals surface area contributed by atoms with Crippen molar-refractivity contribution in [2.75, 3.05) is 6.54 Å². The molecule has 0 spiro atoms. The van der Waals surface area contributed by atoms with Crippen LogP contribution in [0.2, 0.25) is 5.16 Å². The van der Waals surface area contributed by atoms with E-state index >= 15 is 0 Å². The highest BCUT2D eigenvalue weighted by Gasteiger charge is 1.80. The summed E-state index contributed by atoms with van der Waals surface area (Å²) in [7, 11) is 2.61. The van der Waals surface area contributed by atoms with Crippen LogP contribution in [-0.4, -0.2) is 27.0 Å². The predicted molar refractivity (Wildman–Crippen MR) is 32.7 cm³/mol. The Morgan fingerprint density at radius 1 is 1.60 bits per heavy atom. The van der Waals surface area contributed by atoms with Crippen LogP contribution in [0.5, 0.6) is 0 Å². The van der Waals surface area contributed by atoms with E-state index in [9.17, 15) is 0 Å². The molecule has 0 aliphatic carbocycles. The van der Waals surface area contributed by atoms with E-state index in [1.165, 1.54) is 20.5 Å². The standard InChI is InChI=1S/C2H11NSi2/c3-1-2(4)5/h2H,1,3H2,4-5H3. The first-order chi connectivity index (χ1) is 2.27. The van der Waals surface area contributed by atoms with Crippen molar-refractivity contribution in [2.45, 2.75) is 5.16 Å². The van der Waals surface area contributed by atoms with Crippen molar-refractivity contribution in [3.05, 3.63) is 0 Å². The van der Waals surface area contributed by atoms with E-state index < -0.39 is 0 Å². The van der Waals surface area contributed by atoms with E-state index in [4.69, 9.17) is 5.73 Å². The number of hydrogen-bond donors (Lipinski definition) is 1. The lowest BCUT2D eigenvalue weighted by Gasteiger charge is -1.90. The Morgan fingerprint density at radius 3 is 1.80 bits per heavy atom. The summed E-state index contributed by atoms with van der Waals surface area (Å²) in [5.74, 6) is 0. The summed E-state index contributed by atoms with van der Waals surface area (Å²) in [6, 6.07) is 0. The zero-order valence-corrected chi connectivity index (χ0v) is 7.86. The molecule has 0 atom stereocenters. The second-order valence-corrected chi connectivity index (χ2v) is 7.88. The summed E-state index contributed by atoms with van der Waals surface area (Å²) in [6.45, 7) is 0.929. The maximum atomic E-state index is 5.24. The van der Waals surface area contributed by atoms with Crippen molar-refractivity contribution >= 4 is 20.5 Å². The Kier molecular flexibility index (Phi) is 2.83. The van der Waals surface area contributed by atoms with Crippen molar-refractivity contribution < 1.29 is 0 Å². The minimum atomic E-state index is 0.929. The Morgan fingerprint density at radius 2 is 1.80 bits per heavy atom. The van der Waals surface area contributed by atoms with E-state index in [0.29, 0.717) is 0 Å². The van der Waals surface area contributed by atoms with Crippen LogP contribution in [0.15, 0.2) is 0 Å². The van der Waals surface area contributed by atoms with Gasteiger partial charge in [-0.25, -0.2) is 0 Å². The SMILES string of the molecule is NCC([SiH3])[SiH3]. The molecule has 0 aromatic heterocycles. The van der Waals surface area contributed by atoms with Crippen LogP contribution in [0.1, 0.15) is 0 Å². The predicted octanol–water partition coefficient (Wildman–Crippen LogP) is -2.58. The van der Waals surface area contributed by atoms with Gasteiger partial charge in [-0.1, -0.05) is 5.16 Å². The van der Waals surface area contributed by atoms with E-state index in [0.717, 1.165) is 11.7 Å². The molecule has 3 heteroatoms. The highest BCUT2D eigenvalue weighted by atomic mass is 28.2.